The molecule has 0 radical (unpaired) electrons. The van der Waals surface area contributed by atoms with Crippen LogP contribution in [0.1, 0.15) is 56.9 Å². The molecule has 1 saturated heterocycles. The molecule has 0 aromatic heterocycles. The number of unbranched alkanes of at least 4 members (excludes halogenated alkanes) is 1. The minimum absolute atomic E-state index is 0.0664. The van der Waals surface area contributed by atoms with Crippen LogP contribution in [0.2, 0.25) is 0 Å². The molecule has 144 valence electrons. The predicted octanol–water partition coefficient (Wildman–Crippen LogP) is 3.11. The Kier molecular flexibility index (Phi) is 7.09. The highest BCUT2D eigenvalue weighted by molar-refractivity contribution is 5.86. The summed E-state index contributed by atoms with van der Waals surface area (Å²) in [5, 5.41) is 3.05. The summed E-state index contributed by atoms with van der Waals surface area (Å²) in [7, 11) is 0. The van der Waals surface area contributed by atoms with Gasteiger partial charge in [-0.1, -0.05) is 43.2 Å². The second-order valence-electron chi connectivity index (χ2n) is 8.30. The van der Waals surface area contributed by atoms with Crippen LogP contribution >= 0.6 is 0 Å². The third-order valence-electron chi connectivity index (χ3n) is 6.21. The molecule has 2 fully saturated rings. The van der Waals surface area contributed by atoms with Crippen molar-refractivity contribution in [1.29, 1.82) is 0 Å². The van der Waals surface area contributed by atoms with Gasteiger partial charge in [-0.05, 0) is 76.1 Å². The summed E-state index contributed by atoms with van der Waals surface area (Å²) in [4.78, 5) is 14.8. The summed E-state index contributed by atoms with van der Waals surface area (Å²) < 4.78 is 0. The summed E-state index contributed by atoms with van der Waals surface area (Å²) in [6.45, 7) is 4.36. The van der Waals surface area contributed by atoms with Crippen LogP contribution in [0.25, 0.3) is 0 Å². The summed E-state index contributed by atoms with van der Waals surface area (Å²) in [6, 6.07) is 10.9. The summed E-state index contributed by atoms with van der Waals surface area (Å²) >= 11 is 0. The van der Waals surface area contributed by atoms with Crippen molar-refractivity contribution in [2.75, 3.05) is 26.2 Å². The molecule has 1 aromatic carbocycles. The number of hydrogen-bond donors (Lipinski definition) is 2. The zero-order chi connectivity index (χ0) is 18.2. The number of carbonyl (C=O) groups excluding carboxylic acids is 1. The van der Waals surface area contributed by atoms with Crippen LogP contribution in [0.4, 0.5) is 0 Å². The lowest BCUT2D eigenvalue weighted by Gasteiger charge is -2.32. The number of likely N-dealkylation sites (tertiary alicyclic amines) is 1. The fourth-order valence-electron chi connectivity index (χ4n) is 4.43. The highest BCUT2D eigenvalue weighted by atomic mass is 16.2. The standard InChI is InChI=1S/C22H35N3O/c23-22(12-4-5-13-22)21(26)24-14-6-7-15-25-16-10-20(11-17-25)18-19-8-2-1-3-9-19/h1-3,8-9,20H,4-7,10-18,23H2,(H,24,26). The first-order chi connectivity index (χ1) is 12.7. The molecular formula is C22H35N3O. The van der Waals surface area contributed by atoms with E-state index in [9.17, 15) is 4.79 Å². The van der Waals surface area contributed by atoms with Gasteiger partial charge in [-0.3, -0.25) is 4.79 Å². The van der Waals surface area contributed by atoms with Crippen LogP contribution in [0.5, 0.6) is 0 Å². The number of rotatable bonds is 8. The van der Waals surface area contributed by atoms with Gasteiger partial charge in [-0.2, -0.15) is 0 Å². The summed E-state index contributed by atoms with van der Waals surface area (Å²) in [5.74, 6) is 0.900. The van der Waals surface area contributed by atoms with E-state index in [1.165, 1.54) is 37.9 Å². The number of nitrogens with zero attached hydrogens (tertiary/aromatic N) is 1. The van der Waals surface area contributed by atoms with Crippen LogP contribution in [0.15, 0.2) is 30.3 Å². The number of hydrogen-bond acceptors (Lipinski definition) is 3. The van der Waals surface area contributed by atoms with E-state index in [0.29, 0.717) is 0 Å². The Balaban J connectivity index is 1.24. The fraction of sp³-hybridized carbons (Fsp3) is 0.682. The average molecular weight is 358 g/mol. The van der Waals surface area contributed by atoms with E-state index in [1.54, 1.807) is 0 Å². The molecule has 1 heterocycles. The van der Waals surface area contributed by atoms with Gasteiger partial charge in [-0.25, -0.2) is 0 Å². The number of nitrogens with two attached hydrogens (primary N) is 1. The van der Waals surface area contributed by atoms with Gasteiger partial charge in [0.05, 0.1) is 5.54 Å². The molecule has 4 nitrogen and oxygen atoms in total. The molecule has 3 N–H and O–H groups in total. The summed E-state index contributed by atoms with van der Waals surface area (Å²) in [5.41, 5.74) is 7.07. The van der Waals surface area contributed by atoms with Crippen molar-refractivity contribution in [2.45, 2.75) is 63.3 Å². The third kappa shape index (κ3) is 5.55. The minimum atomic E-state index is -0.583. The van der Waals surface area contributed by atoms with E-state index in [4.69, 9.17) is 5.73 Å². The van der Waals surface area contributed by atoms with Gasteiger partial charge in [0, 0.05) is 6.54 Å². The van der Waals surface area contributed by atoms with Crippen LogP contribution in [0.3, 0.4) is 0 Å². The molecule has 2 aliphatic rings. The Labute approximate surface area is 158 Å². The van der Waals surface area contributed by atoms with Crippen LogP contribution in [-0.4, -0.2) is 42.5 Å². The molecule has 1 aliphatic carbocycles. The predicted molar refractivity (Wildman–Crippen MR) is 107 cm³/mol. The first-order valence-electron chi connectivity index (χ1n) is 10.5. The van der Waals surface area contributed by atoms with Gasteiger partial charge in [0.25, 0.3) is 0 Å². The second kappa shape index (κ2) is 9.52. The monoisotopic (exact) mass is 357 g/mol. The molecule has 1 amide bonds. The number of benzene rings is 1. The highest BCUT2D eigenvalue weighted by Gasteiger charge is 2.36. The minimum Gasteiger partial charge on any atom is -0.355 e. The van der Waals surface area contributed by atoms with Crippen molar-refractivity contribution in [3.05, 3.63) is 35.9 Å². The van der Waals surface area contributed by atoms with Gasteiger partial charge >= 0.3 is 0 Å². The van der Waals surface area contributed by atoms with Gasteiger partial charge in [0.1, 0.15) is 0 Å². The molecule has 0 bridgehead atoms. The number of piperidine rings is 1. The molecular weight excluding hydrogens is 322 g/mol. The van der Waals surface area contributed by atoms with Crippen molar-refractivity contribution in [1.82, 2.24) is 10.2 Å². The van der Waals surface area contributed by atoms with E-state index in [-0.39, 0.29) is 5.91 Å². The topological polar surface area (TPSA) is 58.4 Å². The molecule has 1 aromatic rings. The van der Waals surface area contributed by atoms with Crippen molar-refractivity contribution in [3.8, 4) is 0 Å². The maximum atomic E-state index is 12.2. The zero-order valence-electron chi connectivity index (χ0n) is 16.1. The maximum absolute atomic E-state index is 12.2. The molecule has 4 heteroatoms. The van der Waals surface area contributed by atoms with E-state index in [1.807, 2.05) is 0 Å². The van der Waals surface area contributed by atoms with Crippen molar-refractivity contribution in [3.63, 3.8) is 0 Å². The van der Waals surface area contributed by atoms with E-state index in [2.05, 4.69) is 40.5 Å². The molecule has 3 rings (SSSR count). The highest BCUT2D eigenvalue weighted by Crippen LogP contribution is 2.27. The second-order valence-corrected chi connectivity index (χ2v) is 8.30. The quantitative estimate of drug-likeness (QED) is 0.703. The number of amides is 1. The lowest BCUT2D eigenvalue weighted by Crippen LogP contribution is -2.52. The molecule has 0 spiro atoms. The van der Waals surface area contributed by atoms with Crippen LogP contribution in [-0.2, 0) is 11.2 Å². The van der Waals surface area contributed by atoms with Gasteiger partial charge in [0.2, 0.25) is 5.91 Å². The van der Waals surface area contributed by atoms with Crippen LogP contribution in [0, 0.1) is 5.92 Å². The van der Waals surface area contributed by atoms with Crippen molar-refractivity contribution < 1.29 is 4.79 Å². The first-order valence-corrected chi connectivity index (χ1v) is 10.5. The van der Waals surface area contributed by atoms with Crippen molar-refractivity contribution >= 4 is 5.91 Å². The first kappa shape index (κ1) is 19.4. The number of nitrogens with one attached hydrogen (secondary N) is 1. The smallest absolute Gasteiger partial charge is 0.240 e. The lowest BCUT2D eigenvalue weighted by molar-refractivity contribution is -0.126. The normalized spacial score (nSPS) is 21.0. The Morgan fingerprint density at radius 3 is 2.50 bits per heavy atom. The van der Waals surface area contributed by atoms with Gasteiger partial charge < -0.3 is 16.0 Å². The Morgan fingerprint density at radius 2 is 1.81 bits per heavy atom. The van der Waals surface area contributed by atoms with E-state index in [0.717, 1.165) is 57.5 Å². The molecule has 1 aliphatic heterocycles. The molecule has 0 unspecified atom stereocenters. The zero-order valence-corrected chi connectivity index (χ0v) is 16.1. The molecule has 1 saturated carbocycles. The third-order valence-corrected chi connectivity index (χ3v) is 6.21. The Bertz CT molecular complexity index is 546. The largest absolute Gasteiger partial charge is 0.355 e. The average Bonchev–Trinajstić information content (AvgIpc) is 3.11. The Morgan fingerprint density at radius 1 is 1.12 bits per heavy atom. The maximum Gasteiger partial charge on any atom is 0.240 e. The van der Waals surface area contributed by atoms with E-state index < -0.39 is 5.54 Å². The SMILES string of the molecule is NC1(C(=O)NCCCCN2CCC(Cc3ccccc3)CC2)CCCC1. The van der Waals surface area contributed by atoms with Crippen molar-refractivity contribution in [2.24, 2.45) is 11.7 Å². The van der Waals surface area contributed by atoms with Gasteiger partial charge in [-0.15, -0.1) is 0 Å². The summed E-state index contributed by atoms with van der Waals surface area (Å²) in [6.07, 6.45) is 9.90. The fourth-order valence-corrected chi connectivity index (χ4v) is 4.43. The molecule has 26 heavy (non-hydrogen) atoms. The lowest BCUT2D eigenvalue weighted by atomic mass is 9.90. The van der Waals surface area contributed by atoms with Gasteiger partial charge in [0.15, 0.2) is 0 Å². The van der Waals surface area contributed by atoms with Crippen LogP contribution < -0.4 is 11.1 Å². The Hall–Kier alpha value is -1.39. The number of carbonyl (C=O) groups is 1. The molecule has 0 atom stereocenters. The van der Waals surface area contributed by atoms with E-state index >= 15 is 0 Å².